The largest absolute Gasteiger partial charge is 0.441 e. The second kappa shape index (κ2) is 5.52. The molecule has 8 heteroatoms. The molecule has 0 fully saturated rings. The van der Waals surface area contributed by atoms with E-state index in [4.69, 9.17) is 5.73 Å². The molecule has 0 bridgehead atoms. The Kier molecular flexibility index (Phi) is 3.98. The average molecular weight is 288 g/mol. The van der Waals surface area contributed by atoms with Crippen LogP contribution < -0.4 is 5.73 Å². The van der Waals surface area contributed by atoms with Crippen LogP contribution in [0, 0.1) is 0 Å². The van der Waals surface area contributed by atoms with E-state index in [9.17, 15) is 13.2 Å². The Morgan fingerprint density at radius 3 is 2.74 bits per heavy atom. The van der Waals surface area contributed by atoms with Crippen LogP contribution in [0.15, 0.2) is 30.7 Å². The zero-order valence-corrected chi connectivity index (χ0v) is 10.6. The molecule has 0 atom stereocenters. The molecule has 0 aliphatic carbocycles. The van der Waals surface area contributed by atoms with Gasteiger partial charge in [-0.3, -0.25) is 0 Å². The lowest BCUT2D eigenvalue weighted by molar-refractivity contribution is -0.0328. The third-order valence-electron chi connectivity index (χ3n) is 2.35. The summed E-state index contributed by atoms with van der Waals surface area (Å²) in [7, 11) is 0. The zero-order chi connectivity index (χ0) is 13.9. The maximum atomic E-state index is 12.1. The molecule has 2 rings (SSSR count). The lowest BCUT2D eigenvalue weighted by atomic mass is 10.2. The summed E-state index contributed by atoms with van der Waals surface area (Å²) in [6.45, 7) is 0.224. The van der Waals surface area contributed by atoms with E-state index in [2.05, 4.69) is 9.97 Å². The number of thioether (sulfide) groups is 1. The molecule has 0 unspecified atom stereocenters. The fourth-order valence-electron chi connectivity index (χ4n) is 1.60. The number of halogens is 3. The van der Waals surface area contributed by atoms with Crippen LogP contribution in [0.5, 0.6) is 0 Å². The lowest BCUT2D eigenvalue weighted by Crippen LogP contribution is -2.07. The van der Waals surface area contributed by atoms with Gasteiger partial charge in [0.2, 0.25) is 0 Å². The Hall–Kier alpha value is -1.70. The first-order chi connectivity index (χ1) is 8.96. The van der Waals surface area contributed by atoms with Gasteiger partial charge in [0.15, 0.2) is 0 Å². The van der Waals surface area contributed by atoms with Crippen molar-refractivity contribution in [2.45, 2.75) is 12.1 Å². The summed E-state index contributed by atoms with van der Waals surface area (Å²) in [4.78, 5) is 7.99. The number of rotatable bonds is 4. The monoisotopic (exact) mass is 288 g/mol. The van der Waals surface area contributed by atoms with E-state index in [-0.39, 0.29) is 24.1 Å². The number of imidazole rings is 1. The van der Waals surface area contributed by atoms with Gasteiger partial charge >= 0.3 is 5.51 Å². The third-order valence-corrected chi connectivity index (χ3v) is 3.07. The molecule has 4 nitrogen and oxygen atoms in total. The van der Waals surface area contributed by atoms with Crippen molar-refractivity contribution in [1.29, 1.82) is 0 Å². The summed E-state index contributed by atoms with van der Waals surface area (Å²) in [6, 6.07) is 3.35. The number of nitrogen functional groups attached to an aromatic ring is 1. The molecule has 0 saturated carbocycles. The maximum absolute atomic E-state index is 12.1. The van der Waals surface area contributed by atoms with Crippen LogP contribution in [0.3, 0.4) is 0 Å². The van der Waals surface area contributed by atoms with E-state index in [0.717, 1.165) is 5.56 Å². The number of alkyl halides is 3. The van der Waals surface area contributed by atoms with Crippen LogP contribution in [0.25, 0.3) is 11.4 Å². The van der Waals surface area contributed by atoms with Gasteiger partial charge in [-0.1, -0.05) is 0 Å². The number of aryl methyl sites for hydroxylation is 1. The molecule has 0 radical (unpaired) electrons. The summed E-state index contributed by atoms with van der Waals surface area (Å²) >= 11 is -0.0468. The molecule has 0 spiro atoms. The Bertz CT molecular complexity index is 553. The van der Waals surface area contributed by atoms with Gasteiger partial charge < -0.3 is 10.3 Å². The van der Waals surface area contributed by atoms with Crippen LogP contribution in [0.1, 0.15) is 0 Å². The highest BCUT2D eigenvalue weighted by Crippen LogP contribution is 2.30. The number of aromatic nitrogens is 3. The number of nitrogens with zero attached hydrogens (tertiary/aromatic N) is 3. The highest BCUT2D eigenvalue weighted by Gasteiger charge is 2.27. The van der Waals surface area contributed by atoms with Crippen LogP contribution in [0.4, 0.5) is 19.0 Å². The van der Waals surface area contributed by atoms with Crippen molar-refractivity contribution in [3.8, 4) is 11.4 Å². The summed E-state index contributed by atoms with van der Waals surface area (Å²) in [5.74, 6) is 0.863. The van der Waals surface area contributed by atoms with Crippen LogP contribution in [-0.4, -0.2) is 25.8 Å². The average Bonchev–Trinajstić information content (AvgIpc) is 2.75. The molecule has 0 aliphatic rings. The molecule has 102 valence electrons. The quantitative estimate of drug-likeness (QED) is 0.940. The first kappa shape index (κ1) is 13.7. The Balaban J connectivity index is 2.10. The Morgan fingerprint density at radius 2 is 2.05 bits per heavy atom. The van der Waals surface area contributed by atoms with E-state index in [0.29, 0.717) is 11.6 Å². The molecular weight excluding hydrogens is 277 g/mol. The van der Waals surface area contributed by atoms with Crippen LogP contribution >= 0.6 is 11.8 Å². The number of nitrogens with two attached hydrogens (primary N) is 1. The summed E-state index contributed by atoms with van der Waals surface area (Å²) in [6.07, 6.45) is 4.72. The SMILES string of the molecule is Nc1cc(-c2nccn2CCSC(F)(F)F)ccn1. The van der Waals surface area contributed by atoms with E-state index in [1.807, 2.05) is 0 Å². The first-order valence-electron chi connectivity index (χ1n) is 5.39. The zero-order valence-electron chi connectivity index (χ0n) is 9.76. The smallest absolute Gasteiger partial charge is 0.384 e. The minimum absolute atomic E-state index is 0.0468. The van der Waals surface area contributed by atoms with Crippen molar-refractivity contribution in [3.05, 3.63) is 30.7 Å². The molecule has 2 N–H and O–H groups in total. The van der Waals surface area contributed by atoms with Crippen molar-refractivity contribution in [2.24, 2.45) is 0 Å². The second-order valence-corrected chi connectivity index (χ2v) is 4.87. The molecule has 19 heavy (non-hydrogen) atoms. The minimum Gasteiger partial charge on any atom is -0.384 e. The van der Waals surface area contributed by atoms with Gasteiger partial charge in [0.1, 0.15) is 11.6 Å². The Morgan fingerprint density at radius 1 is 1.26 bits per heavy atom. The normalized spacial score (nSPS) is 11.7. The van der Waals surface area contributed by atoms with Gasteiger partial charge in [0, 0.05) is 36.5 Å². The van der Waals surface area contributed by atoms with Gasteiger partial charge in [0.25, 0.3) is 0 Å². The summed E-state index contributed by atoms with van der Waals surface area (Å²) < 4.78 is 37.9. The molecule has 2 aromatic rings. The fourth-order valence-corrected chi connectivity index (χ4v) is 2.12. The molecule has 2 heterocycles. The van der Waals surface area contributed by atoms with Crippen LogP contribution in [-0.2, 0) is 6.54 Å². The first-order valence-corrected chi connectivity index (χ1v) is 6.38. The minimum atomic E-state index is -4.21. The van der Waals surface area contributed by atoms with Gasteiger partial charge in [-0.2, -0.15) is 13.2 Å². The third kappa shape index (κ3) is 3.88. The van der Waals surface area contributed by atoms with E-state index >= 15 is 0 Å². The standard InChI is InChI=1S/C11H11F3N4S/c12-11(13,14)19-6-5-18-4-3-17-10(18)8-1-2-16-9(15)7-8/h1-4,7H,5-6H2,(H2,15,16). The molecular formula is C11H11F3N4S. The highest BCUT2D eigenvalue weighted by molar-refractivity contribution is 8.00. The summed E-state index contributed by atoms with van der Waals surface area (Å²) in [5, 5.41) is 0. The second-order valence-electron chi connectivity index (χ2n) is 3.71. The van der Waals surface area contributed by atoms with E-state index in [1.165, 1.54) is 6.20 Å². The topological polar surface area (TPSA) is 56.7 Å². The molecule has 0 aromatic carbocycles. The predicted molar refractivity (Wildman–Crippen MR) is 68.4 cm³/mol. The van der Waals surface area contributed by atoms with Gasteiger partial charge in [-0.25, -0.2) is 9.97 Å². The number of anilines is 1. The van der Waals surface area contributed by atoms with Crippen molar-refractivity contribution >= 4 is 17.6 Å². The number of hydrogen-bond acceptors (Lipinski definition) is 4. The number of pyridine rings is 1. The van der Waals surface area contributed by atoms with Crippen molar-refractivity contribution in [2.75, 3.05) is 11.5 Å². The highest BCUT2D eigenvalue weighted by atomic mass is 32.2. The predicted octanol–water partition coefficient (Wildman–Crippen LogP) is 2.78. The van der Waals surface area contributed by atoms with Crippen molar-refractivity contribution in [1.82, 2.24) is 14.5 Å². The van der Waals surface area contributed by atoms with Crippen molar-refractivity contribution < 1.29 is 13.2 Å². The fraction of sp³-hybridized carbons (Fsp3) is 0.273. The van der Waals surface area contributed by atoms with E-state index < -0.39 is 5.51 Å². The lowest BCUT2D eigenvalue weighted by Gasteiger charge is -2.09. The molecule has 0 aliphatic heterocycles. The van der Waals surface area contributed by atoms with Crippen molar-refractivity contribution in [3.63, 3.8) is 0 Å². The van der Waals surface area contributed by atoms with Crippen LogP contribution in [0.2, 0.25) is 0 Å². The number of hydrogen-bond donors (Lipinski definition) is 1. The van der Waals surface area contributed by atoms with E-state index in [1.54, 1.807) is 29.1 Å². The molecule has 0 amide bonds. The Labute approximate surface area is 111 Å². The maximum Gasteiger partial charge on any atom is 0.441 e. The van der Waals surface area contributed by atoms with Gasteiger partial charge in [-0.15, -0.1) is 0 Å². The summed E-state index contributed by atoms with van der Waals surface area (Å²) in [5.41, 5.74) is 2.10. The van der Waals surface area contributed by atoms with Gasteiger partial charge in [0.05, 0.1) is 0 Å². The molecule has 2 aromatic heterocycles. The molecule has 0 saturated heterocycles. The van der Waals surface area contributed by atoms with Gasteiger partial charge in [-0.05, 0) is 23.9 Å².